The molecule has 0 bridgehead atoms. The maximum Gasteiger partial charge on any atom is 0.337 e. The van der Waals surface area contributed by atoms with Gasteiger partial charge in [-0.3, -0.25) is 4.79 Å². The van der Waals surface area contributed by atoms with Gasteiger partial charge in [-0.15, -0.1) is 0 Å². The second-order valence-corrected chi connectivity index (χ2v) is 12.4. The van der Waals surface area contributed by atoms with E-state index >= 15 is 0 Å². The minimum Gasteiger partial charge on any atom is -0.479 e. The summed E-state index contributed by atoms with van der Waals surface area (Å²) < 4.78 is 56.8. The lowest BCUT2D eigenvalue weighted by molar-refractivity contribution is -0.378. The fraction of sp³-hybridized carbons (Fsp3) is 0.828. The summed E-state index contributed by atoms with van der Waals surface area (Å²) in [6.07, 6.45) is -43.3. The fourth-order valence-corrected chi connectivity index (χ4v) is 6.05. The molecule has 4 rings (SSSR count). The maximum atomic E-state index is 13.0. The summed E-state index contributed by atoms with van der Waals surface area (Å²) >= 11 is 0. The predicted molar refractivity (Wildman–Crippen MR) is 159 cm³/mol. The number of aliphatic hydroxyl groups excluding tert-OH is 9. The highest BCUT2D eigenvalue weighted by Gasteiger charge is 2.59. The van der Waals surface area contributed by atoms with E-state index in [1.807, 2.05) is 0 Å². The van der Waals surface area contributed by atoms with Gasteiger partial charge in [-0.05, 0) is 0 Å². The van der Waals surface area contributed by atoms with Crippen LogP contribution >= 0.6 is 0 Å². The fourth-order valence-electron chi connectivity index (χ4n) is 6.05. The minimum absolute atomic E-state index is 0.844. The predicted octanol–water partition coefficient (Wildman–Crippen LogP) is -8.54. The quantitative estimate of drug-likeness (QED) is 0.0684. The van der Waals surface area contributed by atoms with Crippen molar-refractivity contribution in [2.45, 2.75) is 130 Å². The van der Waals surface area contributed by atoms with Crippen LogP contribution in [-0.2, 0) is 76.1 Å². The molecule has 4 fully saturated rings. The van der Waals surface area contributed by atoms with Crippen molar-refractivity contribution in [2.24, 2.45) is 0 Å². The number of carbonyl (C=O) groups excluding carboxylic acids is 4. The van der Waals surface area contributed by atoms with Gasteiger partial charge in [0.05, 0.1) is 21.3 Å². The van der Waals surface area contributed by atoms with Crippen LogP contribution in [0, 0.1) is 0 Å². The smallest absolute Gasteiger partial charge is 0.337 e. The number of methoxy groups -OCH3 is 3. The summed E-state index contributed by atoms with van der Waals surface area (Å²) in [7, 11) is 2.60. The molecule has 20 unspecified atom stereocenters. The van der Waals surface area contributed by atoms with Crippen molar-refractivity contribution in [2.75, 3.05) is 21.3 Å². The van der Waals surface area contributed by atoms with Crippen LogP contribution in [0.2, 0.25) is 0 Å². The first-order valence-electron chi connectivity index (χ1n) is 16.1. The number of rotatable bonds is 11. The highest BCUT2D eigenvalue weighted by Crippen LogP contribution is 2.36. The van der Waals surface area contributed by atoms with Gasteiger partial charge >= 0.3 is 29.8 Å². The van der Waals surface area contributed by atoms with Crippen molar-refractivity contribution in [3.8, 4) is 0 Å². The number of hydrogen-bond acceptors (Lipinski definition) is 25. The number of carboxylic acid groups (broad SMARTS) is 1. The molecule has 0 aliphatic carbocycles. The molecular weight excluding hydrogens is 764 g/mol. The molecule has 10 N–H and O–H groups in total. The maximum absolute atomic E-state index is 13.0. The first-order chi connectivity index (χ1) is 25.8. The molecule has 0 spiro atoms. The third-order valence-electron chi connectivity index (χ3n) is 8.92. The van der Waals surface area contributed by atoms with Gasteiger partial charge in [0.25, 0.3) is 0 Å². The molecule has 4 heterocycles. The summed E-state index contributed by atoms with van der Waals surface area (Å²) in [4.78, 5) is 62.0. The molecule has 55 heavy (non-hydrogen) atoms. The molecule has 26 nitrogen and oxygen atoms in total. The van der Waals surface area contributed by atoms with Gasteiger partial charge in [0, 0.05) is 6.92 Å². The van der Waals surface area contributed by atoms with E-state index in [1.165, 1.54) is 0 Å². The molecule has 0 saturated carbocycles. The normalized spacial score (nSPS) is 44.8. The molecule has 26 heteroatoms. The van der Waals surface area contributed by atoms with E-state index in [-0.39, 0.29) is 0 Å². The molecule has 4 aliphatic rings. The number of ether oxygens (including phenoxy) is 11. The summed E-state index contributed by atoms with van der Waals surface area (Å²) in [5, 5.41) is 104. The van der Waals surface area contributed by atoms with Crippen LogP contribution in [0.1, 0.15) is 6.92 Å². The lowest BCUT2D eigenvalue weighted by atomic mass is 9.95. The van der Waals surface area contributed by atoms with E-state index in [9.17, 15) is 75.0 Å². The molecule has 20 atom stereocenters. The van der Waals surface area contributed by atoms with E-state index in [4.69, 9.17) is 42.6 Å². The van der Waals surface area contributed by atoms with Crippen LogP contribution in [0.25, 0.3) is 0 Å². The Morgan fingerprint density at radius 1 is 0.436 bits per heavy atom. The van der Waals surface area contributed by atoms with Crippen LogP contribution in [-0.4, -0.2) is 225 Å². The summed E-state index contributed by atoms with van der Waals surface area (Å²) in [6, 6.07) is 0. The van der Waals surface area contributed by atoms with E-state index in [0.717, 1.165) is 28.3 Å². The monoisotopic (exact) mass is 806 g/mol. The van der Waals surface area contributed by atoms with Gasteiger partial charge in [-0.2, -0.15) is 0 Å². The number of esters is 4. The second-order valence-electron chi connectivity index (χ2n) is 12.4. The van der Waals surface area contributed by atoms with E-state index in [0.29, 0.717) is 0 Å². The topological polar surface area (TPSA) is 389 Å². The second kappa shape index (κ2) is 18.3. The summed E-state index contributed by atoms with van der Waals surface area (Å²) in [5.41, 5.74) is 0. The van der Waals surface area contributed by atoms with Crippen molar-refractivity contribution in [3.05, 3.63) is 0 Å². The highest BCUT2D eigenvalue weighted by atomic mass is 16.8. The standard InChI is InChI=1S/C29H42O26/c1-5(30)48-18-13(38)16(51-27-11(36)6(31)7(32)17(53-27)22(39)40)21(26(44)47-4)55-29(18)52-15-9(34)12(37)28(54-20(15)25(43)46-3)50-14-8(33)10(35)23(41)49-19(14)24(42)45-2/h6-21,23,27-29,31-38,41H,1-4H3,(H,39,40). The molecule has 0 aromatic heterocycles. The van der Waals surface area contributed by atoms with E-state index in [1.54, 1.807) is 0 Å². The Labute approximate surface area is 308 Å². The molecule has 0 amide bonds. The van der Waals surface area contributed by atoms with Gasteiger partial charge in [-0.25, -0.2) is 19.2 Å². The highest BCUT2D eigenvalue weighted by molar-refractivity contribution is 5.77. The number of aliphatic carboxylic acids is 1. The largest absolute Gasteiger partial charge is 0.479 e. The van der Waals surface area contributed by atoms with Crippen molar-refractivity contribution in [1.29, 1.82) is 0 Å². The number of carbonyl (C=O) groups is 5. The van der Waals surface area contributed by atoms with Crippen LogP contribution in [0.15, 0.2) is 0 Å². The van der Waals surface area contributed by atoms with E-state index < -0.39 is 153 Å². The average molecular weight is 807 g/mol. The van der Waals surface area contributed by atoms with Crippen LogP contribution < -0.4 is 0 Å². The molecule has 314 valence electrons. The Balaban J connectivity index is 1.64. The molecule has 0 aromatic carbocycles. The van der Waals surface area contributed by atoms with Gasteiger partial charge in [-0.1, -0.05) is 0 Å². The van der Waals surface area contributed by atoms with Crippen molar-refractivity contribution in [1.82, 2.24) is 0 Å². The van der Waals surface area contributed by atoms with Gasteiger partial charge in [0.1, 0.15) is 67.1 Å². The third kappa shape index (κ3) is 9.14. The zero-order valence-electron chi connectivity index (χ0n) is 29.1. The first-order valence-corrected chi connectivity index (χ1v) is 16.1. The van der Waals surface area contributed by atoms with E-state index in [2.05, 4.69) is 9.47 Å². The Morgan fingerprint density at radius 2 is 0.818 bits per heavy atom. The molecule has 4 aliphatic heterocycles. The number of aliphatic hydroxyl groups is 9. The minimum atomic E-state index is -2.33. The van der Waals surface area contributed by atoms with Crippen LogP contribution in [0.5, 0.6) is 0 Å². The summed E-state index contributed by atoms with van der Waals surface area (Å²) in [6.45, 7) is 0.845. The first kappa shape index (κ1) is 44.4. The Bertz CT molecular complexity index is 1380. The lowest BCUT2D eigenvalue weighted by Gasteiger charge is -2.48. The van der Waals surface area contributed by atoms with Gasteiger partial charge < -0.3 is 103 Å². The van der Waals surface area contributed by atoms with Gasteiger partial charge in [0.2, 0.25) is 0 Å². The van der Waals surface area contributed by atoms with Crippen LogP contribution in [0.3, 0.4) is 0 Å². The number of carboxylic acids is 1. The zero-order valence-corrected chi connectivity index (χ0v) is 29.1. The molecule has 4 saturated heterocycles. The Morgan fingerprint density at radius 3 is 1.27 bits per heavy atom. The molecule has 0 radical (unpaired) electrons. The van der Waals surface area contributed by atoms with Crippen molar-refractivity contribution < 1.29 is 127 Å². The molecular formula is C29H42O26. The van der Waals surface area contributed by atoms with Crippen molar-refractivity contribution >= 4 is 29.8 Å². The number of hydrogen-bond donors (Lipinski definition) is 10. The van der Waals surface area contributed by atoms with Crippen molar-refractivity contribution in [3.63, 3.8) is 0 Å². The third-order valence-corrected chi connectivity index (χ3v) is 8.92. The Hall–Kier alpha value is -3.29. The lowest BCUT2D eigenvalue weighted by Crippen LogP contribution is -2.69. The van der Waals surface area contributed by atoms with Crippen LogP contribution in [0.4, 0.5) is 0 Å². The average Bonchev–Trinajstić information content (AvgIpc) is 3.15. The Kier molecular flexibility index (Phi) is 14.8. The summed E-state index contributed by atoms with van der Waals surface area (Å²) in [5.74, 6) is -6.91. The molecule has 0 aromatic rings. The van der Waals surface area contributed by atoms with Gasteiger partial charge in [0.15, 0.2) is 55.7 Å². The SMILES string of the molecule is COC(=O)C1OC(O)C(O)C(O)C1OC1OC(C(=O)OC)C(OC2OC(C(=O)OC)C(OC3OC(C(=O)O)C(O)C(O)C3O)C(O)C2OC(C)=O)C(O)C1O. The zero-order chi connectivity index (χ0) is 41.2.